The van der Waals surface area contributed by atoms with Gasteiger partial charge in [0.25, 0.3) is 0 Å². The van der Waals surface area contributed by atoms with Gasteiger partial charge in [0.2, 0.25) is 5.91 Å². The SMILES string of the molecule is O=C(O)C1CCCCC1C(=O)N1CCn2c3c(c4cc(C5CCCCC5)ccc42)CCCC31. The highest BCUT2D eigenvalue weighted by Crippen LogP contribution is 2.45. The summed E-state index contributed by atoms with van der Waals surface area (Å²) in [5, 5.41) is 11.2. The zero-order valence-corrected chi connectivity index (χ0v) is 19.6. The summed E-state index contributed by atoms with van der Waals surface area (Å²) in [7, 11) is 0. The van der Waals surface area contributed by atoms with Gasteiger partial charge in [-0.25, -0.2) is 0 Å². The Labute approximate surface area is 196 Å². The molecule has 3 aliphatic carbocycles. The van der Waals surface area contributed by atoms with E-state index in [1.165, 1.54) is 59.8 Å². The van der Waals surface area contributed by atoms with Crippen LogP contribution in [0.3, 0.4) is 0 Å². The Hall–Kier alpha value is -2.30. The number of carbonyl (C=O) groups is 2. The highest BCUT2D eigenvalue weighted by atomic mass is 16.4. The van der Waals surface area contributed by atoms with E-state index in [-0.39, 0.29) is 17.9 Å². The molecule has 3 unspecified atom stereocenters. The van der Waals surface area contributed by atoms with Crippen molar-refractivity contribution in [3.8, 4) is 0 Å². The van der Waals surface area contributed by atoms with Gasteiger partial charge in [-0.15, -0.1) is 0 Å². The molecule has 1 aromatic carbocycles. The minimum absolute atomic E-state index is 0.0966. The second kappa shape index (κ2) is 8.48. The first kappa shape index (κ1) is 21.2. The number of aliphatic carboxylic acids is 1. The van der Waals surface area contributed by atoms with Crippen LogP contribution in [0.15, 0.2) is 18.2 Å². The zero-order valence-electron chi connectivity index (χ0n) is 19.6. The van der Waals surface area contributed by atoms with Crippen molar-refractivity contribution in [2.75, 3.05) is 6.54 Å². The summed E-state index contributed by atoms with van der Waals surface area (Å²) in [6.07, 6.45) is 13.1. The summed E-state index contributed by atoms with van der Waals surface area (Å²) in [5.41, 5.74) is 5.64. The fourth-order valence-electron chi connectivity index (χ4n) is 7.51. The number of carboxylic acids is 1. The maximum atomic E-state index is 13.7. The van der Waals surface area contributed by atoms with E-state index in [2.05, 4.69) is 27.7 Å². The molecule has 2 fully saturated rings. The zero-order chi connectivity index (χ0) is 22.5. The lowest BCUT2D eigenvalue weighted by atomic mass is 9.77. The van der Waals surface area contributed by atoms with Gasteiger partial charge >= 0.3 is 5.97 Å². The lowest BCUT2D eigenvalue weighted by Gasteiger charge is -2.42. The molecule has 1 N–H and O–H groups in total. The first-order chi connectivity index (χ1) is 16.1. The molecule has 0 spiro atoms. The minimum Gasteiger partial charge on any atom is -0.481 e. The molecule has 2 aromatic rings. The third-order valence-electron chi connectivity index (χ3n) is 9.16. The maximum Gasteiger partial charge on any atom is 0.307 e. The molecule has 0 saturated heterocycles. The lowest BCUT2D eigenvalue weighted by Crippen LogP contribution is -2.48. The van der Waals surface area contributed by atoms with Crippen molar-refractivity contribution in [2.24, 2.45) is 11.8 Å². The lowest BCUT2D eigenvalue weighted by molar-refractivity contribution is -0.154. The molecule has 0 radical (unpaired) electrons. The summed E-state index contributed by atoms with van der Waals surface area (Å²) < 4.78 is 2.48. The van der Waals surface area contributed by atoms with E-state index in [0.717, 1.165) is 45.1 Å². The van der Waals surface area contributed by atoms with E-state index in [4.69, 9.17) is 0 Å². The Kier molecular flexibility index (Phi) is 5.46. The molecule has 6 rings (SSSR count). The van der Waals surface area contributed by atoms with E-state index >= 15 is 0 Å². The third kappa shape index (κ3) is 3.50. The number of amides is 1. The molecule has 2 heterocycles. The van der Waals surface area contributed by atoms with Crippen molar-refractivity contribution in [1.82, 2.24) is 9.47 Å². The molecular weight excluding hydrogens is 412 g/mol. The third-order valence-corrected chi connectivity index (χ3v) is 9.16. The van der Waals surface area contributed by atoms with Gasteiger partial charge in [0.05, 0.1) is 17.9 Å². The van der Waals surface area contributed by atoms with Gasteiger partial charge in [0, 0.05) is 29.7 Å². The number of rotatable bonds is 3. The van der Waals surface area contributed by atoms with Gasteiger partial charge in [-0.1, -0.05) is 38.2 Å². The van der Waals surface area contributed by atoms with Gasteiger partial charge in [-0.05, 0) is 74.1 Å². The first-order valence-electron chi connectivity index (χ1n) is 13.3. The smallest absolute Gasteiger partial charge is 0.307 e. The van der Waals surface area contributed by atoms with E-state index in [1.54, 1.807) is 0 Å². The summed E-state index contributed by atoms with van der Waals surface area (Å²) in [4.78, 5) is 27.7. The van der Waals surface area contributed by atoms with Crippen LogP contribution in [0.4, 0.5) is 0 Å². The van der Waals surface area contributed by atoms with E-state index in [9.17, 15) is 14.7 Å². The molecule has 1 aliphatic heterocycles. The van der Waals surface area contributed by atoms with Crippen molar-refractivity contribution < 1.29 is 14.7 Å². The van der Waals surface area contributed by atoms with Gasteiger partial charge < -0.3 is 14.6 Å². The number of hydrogen-bond acceptors (Lipinski definition) is 2. The number of benzene rings is 1. The molecule has 3 atom stereocenters. The predicted molar refractivity (Wildman–Crippen MR) is 128 cm³/mol. The van der Waals surface area contributed by atoms with Gasteiger partial charge in [0.1, 0.15) is 0 Å². The summed E-state index contributed by atoms with van der Waals surface area (Å²) in [6.45, 7) is 1.52. The summed E-state index contributed by atoms with van der Waals surface area (Å²) in [6, 6.07) is 7.28. The average molecular weight is 449 g/mol. The standard InChI is InChI=1S/C28H36N2O3/c31-27(21-9-4-5-10-22(21)28(32)33)30-16-15-29-24-14-13-19(18-7-2-1-3-8-18)17-23(24)20-11-6-12-25(30)26(20)29/h13-14,17-18,21-22,25H,1-12,15-16H2,(H,32,33). The Morgan fingerprint density at radius 3 is 2.39 bits per heavy atom. The van der Waals surface area contributed by atoms with Crippen LogP contribution < -0.4 is 0 Å². The number of aromatic nitrogens is 1. The number of carbonyl (C=O) groups excluding carboxylic acids is 1. The fourth-order valence-corrected chi connectivity index (χ4v) is 7.51. The Bertz CT molecular complexity index is 1080. The second-order valence-electron chi connectivity index (χ2n) is 10.9. The molecule has 1 aromatic heterocycles. The quantitative estimate of drug-likeness (QED) is 0.645. The van der Waals surface area contributed by atoms with Crippen LogP contribution in [0.5, 0.6) is 0 Å². The second-order valence-corrected chi connectivity index (χ2v) is 10.9. The van der Waals surface area contributed by atoms with Crippen molar-refractivity contribution in [3.05, 3.63) is 35.0 Å². The van der Waals surface area contributed by atoms with Crippen molar-refractivity contribution >= 4 is 22.8 Å². The average Bonchev–Trinajstić information content (AvgIpc) is 3.19. The molecule has 33 heavy (non-hydrogen) atoms. The van der Waals surface area contributed by atoms with Crippen LogP contribution in [-0.2, 0) is 22.6 Å². The van der Waals surface area contributed by atoms with Crippen LogP contribution in [0.1, 0.15) is 99.4 Å². The Balaban J connectivity index is 1.36. The summed E-state index contributed by atoms with van der Waals surface area (Å²) in [5.74, 6) is -0.863. The molecule has 1 amide bonds. The number of nitrogens with zero attached hydrogens (tertiary/aromatic N) is 2. The van der Waals surface area contributed by atoms with E-state index in [1.807, 2.05) is 0 Å². The molecule has 2 saturated carbocycles. The maximum absolute atomic E-state index is 13.7. The number of hydrogen-bond donors (Lipinski definition) is 1. The topological polar surface area (TPSA) is 62.5 Å². The van der Waals surface area contributed by atoms with E-state index < -0.39 is 11.9 Å². The molecule has 5 nitrogen and oxygen atoms in total. The van der Waals surface area contributed by atoms with Crippen LogP contribution in [0.25, 0.3) is 10.9 Å². The van der Waals surface area contributed by atoms with Crippen LogP contribution in [0, 0.1) is 11.8 Å². The predicted octanol–water partition coefficient (Wildman–Crippen LogP) is 5.80. The molecule has 0 bridgehead atoms. The number of fused-ring (bicyclic) bond motifs is 3. The number of aryl methyl sites for hydroxylation is 1. The van der Waals surface area contributed by atoms with Crippen molar-refractivity contribution in [1.29, 1.82) is 0 Å². The summed E-state index contributed by atoms with van der Waals surface area (Å²) >= 11 is 0. The monoisotopic (exact) mass is 448 g/mol. The molecule has 4 aliphatic rings. The van der Waals surface area contributed by atoms with Gasteiger partial charge in [-0.2, -0.15) is 0 Å². The highest BCUT2D eigenvalue weighted by molar-refractivity contribution is 5.89. The molecule has 5 heteroatoms. The largest absolute Gasteiger partial charge is 0.481 e. The normalized spacial score (nSPS) is 28.0. The molecular formula is C28H36N2O3. The van der Waals surface area contributed by atoms with Gasteiger partial charge in [-0.3, -0.25) is 9.59 Å². The minimum atomic E-state index is -0.793. The van der Waals surface area contributed by atoms with Crippen LogP contribution in [-0.4, -0.2) is 33.0 Å². The highest BCUT2D eigenvalue weighted by Gasteiger charge is 2.43. The first-order valence-corrected chi connectivity index (χ1v) is 13.3. The van der Waals surface area contributed by atoms with Crippen LogP contribution >= 0.6 is 0 Å². The Morgan fingerprint density at radius 1 is 0.848 bits per heavy atom. The van der Waals surface area contributed by atoms with Crippen LogP contribution in [0.2, 0.25) is 0 Å². The Morgan fingerprint density at radius 2 is 1.61 bits per heavy atom. The van der Waals surface area contributed by atoms with Gasteiger partial charge in [0.15, 0.2) is 0 Å². The number of carboxylic acid groups (broad SMARTS) is 1. The fraction of sp³-hybridized carbons (Fsp3) is 0.643. The molecule has 176 valence electrons. The van der Waals surface area contributed by atoms with Crippen molar-refractivity contribution in [3.63, 3.8) is 0 Å². The van der Waals surface area contributed by atoms with Crippen molar-refractivity contribution in [2.45, 2.75) is 95.6 Å². The van der Waals surface area contributed by atoms with E-state index in [0.29, 0.717) is 18.9 Å².